The maximum Gasteiger partial charge on any atom is 0.255 e. The molecule has 0 aromatic carbocycles. The van der Waals surface area contributed by atoms with Crippen molar-refractivity contribution >= 4 is 18.3 Å². The van der Waals surface area contributed by atoms with Crippen molar-refractivity contribution in [2.45, 2.75) is 65.5 Å². The minimum Gasteiger partial charge on any atom is -0.345 e. The average molecular weight is 317 g/mol. The summed E-state index contributed by atoms with van der Waals surface area (Å²) in [5.41, 5.74) is 6.88. The third-order valence-electron chi connectivity index (χ3n) is 4.01. The number of carbonyl (C=O) groups is 1. The zero-order valence-corrected chi connectivity index (χ0v) is 14.8. The Morgan fingerprint density at radius 1 is 1.33 bits per heavy atom. The van der Waals surface area contributed by atoms with Gasteiger partial charge < -0.3 is 11.1 Å². The van der Waals surface area contributed by atoms with Crippen molar-refractivity contribution in [3.63, 3.8) is 0 Å². The van der Waals surface area contributed by atoms with E-state index in [-0.39, 0.29) is 29.4 Å². The maximum absolute atomic E-state index is 12.5. The number of nitrogens with one attached hydrogen (secondary N) is 1. The van der Waals surface area contributed by atoms with E-state index in [1.54, 1.807) is 6.20 Å². The van der Waals surface area contributed by atoms with Crippen molar-refractivity contribution in [3.05, 3.63) is 17.5 Å². The summed E-state index contributed by atoms with van der Waals surface area (Å²) in [6.45, 7) is 12.7. The molecule has 0 aliphatic rings. The zero-order valence-electron chi connectivity index (χ0n) is 14.0. The van der Waals surface area contributed by atoms with Crippen LogP contribution >= 0.6 is 12.4 Å². The minimum atomic E-state index is -0.326. The van der Waals surface area contributed by atoms with E-state index >= 15 is 0 Å². The summed E-state index contributed by atoms with van der Waals surface area (Å²) < 4.78 is 1.88. The van der Waals surface area contributed by atoms with Crippen LogP contribution in [-0.4, -0.2) is 27.8 Å². The molecule has 3 N–H and O–H groups in total. The van der Waals surface area contributed by atoms with Gasteiger partial charge in [-0.15, -0.1) is 12.4 Å². The molecule has 0 radical (unpaired) electrons. The summed E-state index contributed by atoms with van der Waals surface area (Å²) in [5, 5.41) is 7.42. The molecule has 0 unspecified atom stereocenters. The predicted octanol–water partition coefficient (Wildman–Crippen LogP) is 2.62. The van der Waals surface area contributed by atoms with Gasteiger partial charge in [-0.05, 0) is 40.5 Å². The zero-order chi connectivity index (χ0) is 15.6. The van der Waals surface area contributed by atoms with Crippen molar-refractivity contribution in [1.82, 2.24) is 15.1 Å². The minimum absolute atomic E-state index is 0. The topological polar surface area (TPSA) is 72.9 Å². The fraction of sp³-hybridized carbons (Fsp3) is 0.733. The highest BCUT2D eigenvalue weighted by molar-refractivity contribution is 5.95. The van der Waals surface area contributed by atoms with Crippen LogP contribution < -0.4 is 11.1 Å². The van der Waals surface area contributed by atoms with Crippen LogP contribution in [-0.2, 0) is 5.54 Å². The Balaban J connectivity index is 0.00000400. The van der Waals surface area contributed by atoms with Crippen LogP contribution in [0.5, 0.6) is 0 Å². The molecule has 0 fully saturated rings. The van der Waals surface area contributed by atoms with E-state index in [0.29, 0.717) is 12.1 Å². The molecule has 1 amide bonds. The normalized spacial score (nSPS) is 12.0. The highest BCUT2D eigenvalue weighted by atomic mass is 35.5. The molecule has 1 aromatic heterocycles. The fourth-order valence-corrected chi connectivity index (χ4v) is 2.38. The summed E-state index contributed by atoms with van der Waals surface area (Å²) in [5.74, 6) is -0.0906. The largest absolute Gasteiger partial charge is 0.345 e. The smallest absolute Gasteiger partial charge is 0.255 e. The van der Waals surface area contributed by atoms with Gasteiger partial charge in [0.05, 0.1) is 22.8 Å². The second-order valence-electron chi connectivity index (χ2n) is 6.37. The van der Waals surface area contributed by atoms with Crippen LogP contribution in [0.25, 0.3) is 0 Å². The van der Waals surface area contributed by atoms with Crippen LogP contribution in [0.2, 0.25) is 0 Å². The molecule has 0 aliphatic heterocycles. The summed E-state index contributed by atoms with van der Waals surface area (Å²) in [6, 6.07) is 0. The van der Waals surface area contributed by atoms with Crippen molar-refractivity contribution in [2.24, 2.45) is 5.73 Å². The van der Waals surface area contributed by atoms with Gasteiger partial charge in [0.15, 0.2) is 0 Å². The van der Waals surface area contributed by atoms with Crippen molar-refractivity contribution in [2.75, 3.05) is 6.54 Å². The van der Waals surface area contributed by atoms with E-state index in [9.17, 15) is 4.79 Å². The molecule has 6 heteroatoms. The first-order chi connectivity index (χ1) is 9.20. The summed E-state index contributed by atoms with van der Waals surface area (Å²) in [4.78, 5) is 12.5. The van der Waals surface area contributed by atoms with Crippen LogP contribution in [0.4, 0.5) is 0 Å². The molecule has 0 spiro atoms. The van der Waals surface area contributed by atoms with Gasteiger partial charge in [0.1, 0.15) is 0 Å². The first-order valence-electron chi connectivity index (χ1n) is 7.28. The van der Waals surface area contributed by atoms with Gasteiger partial charge in [0.2, 0.25) is 0 Å². The second-order valence-corrected chi connectivity index (χ2v) is 6.37. The van der Waals surface area contributed by atoms with E-state index in [1.165, 1.54) is 0 Å². The molecule has 0 aliphatic carbocycles. The van der Waals surface area contributed by atoms with Gasteiger partial charge in [-0.2, -0.15) is 5.10 Å². The molecule has 1 aromatic rings. The van der Waals surface area contributed by atoms with Crippen LogP contribution in [0.3, 0.4) is 0 Å². The monoisotopic (exact) mass is 316 g/mol. The molecule has 5 nitrogen and oxygen atoms in total. The number of hydrogen-bond acceptors (Lipinski definition) is 3. The van der Waals surface area contributed by atoms with E-state index in [0.717, 1.165) is 18.5 Å². The lowest BCUT2D eigenvalue weighted by atomic mass is 9.92. The Labute approximate surface area is 134 Å². The van der Waals surface area contributed by atoms with Gasteiger partial charge in [-0.3, -0.25) is 9.48 Å². The summed E-state index contributed by atoms with van der Waals surface area (Å²) in [7, 11) is 0. The molecule has 122 valence electrons. The number of hydrogen-bond donors (Lipinski definition) is 2. The molecule has 0 saturated heterocycles. The number of carbonyl (C=O) groups excluding carboxylic acids is 1. The highest BCUT2D eigenvalue weighted by Crippen LogP contribution is 2.20. The van der Waals surface area contributed by atoms with Crippen LogP contribution in [0, 0.1) is 6.92 Å². The lowest BCUT2D eigenvalue weighted by molar-refractivity contribution is 0.0894. The Hall–Kier alpha value is -1.07. The molecule has 1 rings (SSSR count). The van der Waals surface area contributed by atoms with Gasteiger partial charge in [-0.25, -0.2) is 0 Å². The van der Waals surface area contributed by atoms with Crippen molar-refractivity contribution in [1.29, 1.82) is 0 Å². The predicted molar refractivity (Wildman–Crippen MR) is 89.0 cm³/mol. The second kappa shape index (κ2) is 7.27. The lowest BCUT2D eigenvalue weighted by Gasteiger charge is -2.31. The van der Waals surface area contributed by atoms with Gasteiger partial charge in [0, 0.05) is 12.2 Å². The molecule has 1 heterocycles. The van der Waals surface area contributed by atoms with E-state index in [2.05, 4.69) is 31.2 Å². The number of halogens is 1. The quantitative estimate of drug-likeness (QED) is 0.877. The lowest BCUT2D eigenvalue weighted by Crippen LogP contribution is -2.53. The van der Waals surface area contributed by atoms with E-state index < -0.39 is 0 Å². The molecule has 0 saturated carbocycles. The third kappa shape index (κ3) is 4.20. The Bertz CT molecular complexity index is 464. The Morgan fingerprint density at radius 2 is 1.86 bits per heavy atom. The standard InChI is InChI=1S/C15H28N4O.ClH/c1-7-15(8-2,10-16)18-13(20)12-9-17-19(11(12)3)14(4,5)6;/h9H,7-8,10,16H2,1-6H3,(H,18,20);1H. The molecular weight excluding hydrogens is 288 g/mol. The number of amides is 1. The number of nitrogens with zero attached hydrogens (tertiary/aromatic N) is 2. The van der Waals surface area contributed by atoms with Crippen molar-refractivity contribution in [3.8, 4) is 0 Å². The van der Waals surface area contributed by atoms with Crippen LogP contribution in [0.15, 0.2) is 6.20 Å². The SMILES string of the molecule is CCC(CC)(CN)NC(=O)c1cnn(C(C)(C)C)c1C.Cl. The highest BCUT2D eigenvalue weighted by Gasteiger charge is 2.29. The third-order valence-corrected chi connectivity index (χ3v) is 4.01. The van der Waals surface area contributed by atoms with Crippen LogP contribution in [0.1, 0.15) is 63.5 Å². The number of aromatic nitrogens is 2. The van der Waals surface area contributed by atoms with Gasteiger partial charge >= 0.3 is 0 Å². The van der Waals surface area contributed by atoms with Gasteiger partial charge in [0.25, 0.3) is 5.91 Å². The molecule has 21 heavy (non-hydrogen) atoms. The van der Waals surface area contributed by atoms with Gasteiger partial charge in [-0.1, -0.05) is 13.8 Å². The van der Waals surface area contributed by atoms with Crippen molar-refractivity contribution < 1.29 is 4.79 Å². The number of nitrogens with two attached hydrogens (primary N) is 1. The maximum atomic E-state index is 12.5. The van der Waals surface area contributed by atoms with E-state index in [4.69, 9.17) is 5.73 Å². The number of rotatable bonds is 5. The Kier molecular flexibility index (Phi) is 6.90. The first kappa shape index (κ1) is 19.9. The average Bonchev–Trinajstić information content (AvgIpc) is 2.78. The summed E-state index contributed by atoms with van der Waals surface area (Å²) >= 11 is 0. The summed E-state index contributed by atoms with van der Waals surface area (Å²) in [6.07, 6.45) is 3.28. The molecule has 0 atom stereocenters. The van der Waals surface area contributed by atoms with E-state index in [1.807, 2.05) is 25.5 Å². The Morgan fingerprint density at radius 3 is 2.19 bits per heavy atom. The fourth-order valence-electron chi connectivity index (χ4n) is 2.38. The first-order valence-corrected chi connectivity index (χ1v) is 7.28. The molecule has 0 bridgehead atoms. The molecular formula is C15H29ClN4O.